The molecule has 0 amide bonds. The van der Waals surface area contributed by atoms with Gasteiger partial charge in [-0.2, -0.15) is 0 Å². The van der Waals surface area contributed by atoms with Gasteiger partial charge in [-0.15, -0.1) is 0 Å². The summed E-state index contributed by atoms with van der Waals surface area (Å²) in [4.78, 5) is 0. The zero-order valence-corrected chi connectivity index (χ0v) is 12.2. The maximum Gasteiger partial charge on any atom is 0.134 e. The smallest absolute Gasteiger partial charge is 0.134 e. The third kappa shape index (κ3) is 3.01. The predicted molar refractivity (Wildman–Crippen MR) is 79.7 cm³/mol. The van der Waals surface area contributed by atoms with Crippen molar-refractivity contribution in [1.82, 2.24) is 0 Å². The van der Waals surface area contributed by atoms with Gasteiger partial charge in [-0.05, 0) is 43.9 Å². The third-order valence-corrected chi connectivity index (χ3v) is 3.89. The van der Waals surface area contributed by atoms with Crippen LogP contribution < -0.4 is 0 Å². The van der Waals surface area contributed by atoms with Crippen LogP contribution in [-0.2, 0) is 0 Å². The molecule has 0 spiro atoms. The number of hydrogen-bond donors (Lipinski definition) is 1. The topological polar surface area (TPSA) is 33.4 Å². The fourth-order valence-electron chi connectivity index (χ4n) is 2.75. The maximum atomic E-state index is 9.27. The Morgan fingerprint density at radius 1 is 1.21 bits per heavy atom. The van der Waals surface area contributed by atoms with Crippen LogP contribution in [0.25, 0.3) is 11.0 Å². The Balaban J connectivity index is 2.38. The minimum Gasteiger partial charge on any atom is -0.460 e. The lowest BCUT2D eigenvalue weighted by molar-refractivity contribution is 0.263. The van der Waals surface area contributed by atoms with Crippen LogP contribution in [0.15, 0.2) is 22.6 Å². The number of benzene rings is 1. The van der Waals surface area contributed by atoms with Crippen molar-refractivity contribution in [2.24, 2.45) is 0 Å². The molecule has 1 aromatic carbocycles. The molecule has 0 bridgehead atoms. The Morgan fingerprint density at radius 2 is 2.00 bits per heavy atom. The number of aryl methyl sites for hydroxylation is 2. The van der Waals surface area contributed by atoms with E-state index in [1.165, 1.54) is 29.4 Å². The van der Waals surface area contributed by atoms with Crippen molar-refractivity contribution >= 4 is 11.0 Å². The summed E-state index contributed by atoms with van der Waals surface area (Å²) in [5, 5.41) is 10.5. The van der Waals surface area contributed by atoms with E-state index in [1.54, 1.807) is 0 Å². The molecule has 0 fully saturated rings. The Labute approximate surface area is 115 Å². The molecule has 0 aliphatic heterocycles. The van der Waals surface area contributed by atoms with Crippen LogP contribution in [0.5, 0.6) is 0 Å². The van der Waals surface area contributed by atoms with Crippen LogP contribution in [-0.4, -0.2) is 11.7 Å². The van der Waals surface area contributed by atoms with Crippen LogP contribution in [0, 0.1) is 13.8 Å². The van der Waals surface area contributed by atoms with E-state index in [4.69, 9.17) is 4.42 Å². The van der Waals surface area contributed by atoms with Crippen molar-refractivity contribution in [2.45, 2.75) is 52.4 Å². The van der Waals surface area contributed by atoms with E-state index >= 15 is 0 Å². The van der Waals surface area contributed by atoms with Gasteiger partial charge in [-0.25, -0.2) is 0 Å². The summed E-state index contributed by atoms with van der Waals surface area (Å²) in [5.41, 5.74) is 3.44. The van der Waals surface area contributed by atoms with Crippen LogP contribution >= 0.6 is 0 Å². The first-order valence-corrected chi connectivity index (χ1v) is 7.27. The molecule has 2 aromatic rings. The molecule has 19 heavy (non-hydrogen) atoms. The van der Waals surface area contributed by atoms with Crippen molar-refractivity contribution < 1.29 is 9.52 Å². The van der Waals surface area contributed by atoms with Gasteiger partial charge in [0.25, 0.3) is 0 Å². The van der Waals surface area contributed by atoms with Gasteiger partial charge in [0.05, 0.1) is 0 Å². The van der Waals surface area contributed by atoms with E-state index in [0.29, 0.717) is 5.92 Å². The van der Waals surface area contributed by atoms with E-state index in [9.17, 15) is 5.11 Å². The normalized spacial score (nSPS) is 13.1. The molecule has 2 nitrogen and oxygen atoms in total. The predicted octanol–water partition coefficient (Wildman–Crippen LogP) is 4.71. The first-order valence-electron chi connectivity index (χ1n) is 7.27. The molecule has 0 saturated heterocycles. The minimum absolute atomic E-state index is 0.226. The SMILES string of the molecule is CCCCC(CCO)c1oc2cc(C)ccc2c1C. The molecular weight excluding hydrogens is 236 g/mol. The van der Waals surface area contributed by atoms with Crippen molar-refractivity contribution in [3.8, 4) is 0 Å². The highest BCUT2D eigenvalue weighted by Gasteiger charge is 2.19. The van der Waals surface area contributed by atoms with Crippen molar-refractivity contribution in [3.63, 3.8) is 0 Å². The van der Waals surface area contributed by atoms with E-state index in [0.717, 1.165) is 24.2 Å². The first-order chi connectivity index (χ1) is 9.17. The molecule has 1 N–H and O–H groups in total. The summed E-state index contributed by atoms with van der Waals surface area (Å²) in [5.74, 6) is 1.42. The molecule has 1 atom stereocenters. The van der Waals surface area contributed by atoms with Gasteiger partial charge in [0.1, 0.15) is 11.3 Å². The van der Waals surface area contributed by atoms with Crippen LogP contribution in [0.1, 0.15) is 55.4 Å². The Kier molecular flexibility index (Phi) is 4.65. The fourth-order valence-corrected chi connectivity index (χ4v) is 2.75. The first kappa shape index (κ1) is 14.1. The summed E-state index contributed by atoms with van der Waals surface area (Å²) < 4.78 is 6.08. The van der Waals surface area contributed by atoms with E-state index in [1.807, 2.05) is 0 Å². The van der Waals surface area contributed by atoms with Crippen molar-refractivity contribution in [2.75, 3.05) is 6.61 Å². The maximum absolute atomic E-state index is 9.27. The van der Waals surface area contributed by atoms with Gasteiger partial charge >= 0.3 is 0 Å². The molecule has 2 rings (SSSR count). The number of fused-ring (bicyclic) bond motifs is 1. The van der Waals surface area contributed by atoms with Gasteiger partial charge in [0.2, 0.25) is 0 Å². The third-order valence-electron chi connectivity index (χ3n) is 3.89. The molecule has 0 radical (unpaired) electrons. The molecule has 1 heterocycles. The second-order valence-electron chi connectivity index (χ2n) is 5.44. The number of hydrogen-bond acceptors (Lipinski definition) is 2. The zero-order chi connectivity index (χ0) is 13.8. The summed E-state index contributed by atoms with van der Waals surface area (Å²) in [6, 6.07) is 6.37. The standard InChI is InChI=1S/C17H24O2/c1-4-5-6-14(9-10-18)17-13(3)15-8-7-12(2)11-16(15)19-17/h7-8,11,14,18H,4-6,9-10H2,1-3H3. The number of unbranched alkanes of at least 4 members (excludes halogenated alkanes) is 1. The van der Waals surface area contributed by atoms with Crippen molar-refractivity contribution in [1.29, 1.82) is 0 Å². The quantitative estimate of drug-likeness (QED) is 0.816. The van der Waals surface area contributed by atoms with E-state index in [-0.39, 0.29) is 6.61 Å². The molecular formula is C17H24O2. The minimum atomic E-state index is 0.226. The lowest BCUT2D eigenvalue weighted by atomic mass is 9.93. The molecule has 0 aliphatic carbocycles. The van der Waals surface area contributed by atoms with Crippen molar-refractivity contribution in [3.05, 3.63) is 35.1 Å². The van der Waals surface area contributed by atoms with Crippen LogP contribution in [0.3, 0.4) is 0 Å². The van der Waals surface area contributed by atoms with E-state index < -0.39 is 0 Å². The lowest BCUT2D eigenvalue weighted by Gasteiger charge is -2.13. The number of rotatable bonds is 6. The Morgan fingerprint density at radius 3 is 2.68 bits per heavy atom. The second kappa shape index (κ2) is 6.25. The highest BCUT2D eigenvalue weighted by Crippen LogP contribution is 2.35. The lowest BCUT2D eigenvalue weighted by Crippen LogP contribution is -2.02. The molecule has 1 aromatic heterocycles. The zero-order valence-electron chi connectivity index (χ0n) is 12.2. The average molecular weight is 260 g/mol. The number of aliphatic hydroxyl groups is 1. The number of aliphatic hydroxyl groups excluding tert-OH is 1. The molecule has 2 heteroatoms. The Hall–Kier alpha value is -1.28. The molecule has 104 valence electrons. The summed E-state index contributed by atoms with van der Waals surface area (Å²) in [7, 11) is 0. The fraction of sp³-hybridized carbons (Fsp3) is 0.529. The second-order valence-corrected chi connectivity index (χ2v) is 5.44. The largest absolute Gasteiger partial charge is 0.460 e. The van der Waals surface area contributed by atoms with Gasteiger partial charge < -0.3 is 9.52 Å². The number of furan rings is 1. The average Bonchev–Trinajstić information content (AvgIpc) is 2.71. The Bertz CT molecular complexity index is 539. The van der Waals surface area contributed by atoms with Gasteiger partial charge in [0, 0.05) is 17.9 Å². The highest BCUT2D eigenvalue weighted by atomic mass is 16.3. The monoisotopic (exact) mass is 260 g/mol. The molecule has 1 unspecified atom stereocenters. The molecule has 0 saturated carbocycles. The van der Waals surface area contributed by atoms with Gasteiger partial charge in [0.15, 0.2) is 0 Å². The molecule has 0 aliphatic rings. The van der Waals surface area contributed by atoms with Crippen LogP contribution in [0.4, 0.5) is 0 Å². The van der Waals surface area contributed by atoms with Gasteiger partial charge in [-0.3, -0.25) is 0 Å². The summed E-state index contributed by atoms with van der Waals surface area (Å²) in [6.45, 7) is 6.64. The van der Waals surface area contributed by atoms with Crippen LogP contribution in [0.2, 0.25) is 0 Å². The summed E-state index contributed by atoms with van der Waals surface area (Å²) in [6.07, 6.45) is 4.25. The van der Waals surface area contributed by atoms with Gasteiger partial charge in [-0.1, -0.05) is 31.9 Å². The van der Waals surface area contributed by atoms with E-state index in [2.05, 4.69) is 39.0 Å². The highest BCUT2D eigenvalue weighted by molar-refractivity contribution is 5.82. The summed E-state index contributed by atoms with van der Waals surface area (Å²) >= 11 is 0.